The van der Waals surface area contributed by atoms with Crippen LogP contribution in [0, 0.1) is 0 Å². The molecule has 0 atom stereocenters. The maximum absolute atomic E-state index is 11.9. The van der Waals surface area contributed by atoms with Crippen molar-refractivity contribution in [2.75, 3.05) is 11.9 Å². The summed E-state index contributed by atoms with van der Waals surface area (Å²) in [5.41, 5.74) is 0.652. The molecule has 16 heavy (non-hydrogen) atoms. The van der Waals surface area contributed by atoms with E-state index in [2.05, 4.69) is 25.9 Å². The minimum absolute atomic E-state index is 0.108. The first kappa shape index (κ1) is 11.2. The summed E-state index contributed by atoms with van der Waals surface area (Å²) in [5.74, 6) is 0.281. The fourth-order valence-electron chi connectivity index (χ4n) is 1.15. The molecule has 1 amide bonds. The molecule has 0 unspecified atom stereocenters. The zero-order valence-corrected chi connectivity index (χ0v) is 10.8. The Morgan fingerprint density at radius 3 is 2.69 bits per heavy atom. The minimum atomic E-state index is -0.108. The fraction of sp³-hybridized carbons (Fsp3) is 0.100. The number of hydrogen-bond acceptors (Lipinski definition) is 4. The number of aromatic nitrogens is 2. The number of amides is 1. The van der Waals surface area contributed by atoms with E-state index in [1.165, 1.54) is 16.2 Å². The molecule has 2 rings (SSSR count). The molecule has 6 heteroatoms. The van der Waals surface area contributed by atoms with Crippen molar-refractivity contribution in [1.29, 1.82) is 0 Å². The summed E-state index contributed by atoms with van der Waals surface area (Å²) in [7, 11) is 1.66. The fourth-order valence-corrected chi connectivity index (χ4v) is 1.98. The molecule has 0 fully saturated rings. The molecule has 2 aromatic rings. The number of hydrogen-bond donors (Lipinski definition) is 0. The number of halogens is 1. The van der Waals surface area contributed by atoms with Gasteiger partial charge >= 0.3 is 0 Å². The molecular formula is C10H8BrN3OS. The Bertz CT molecular complexity index is 483. The Morgan fingerprint density at radius 2 is 2.12 bits per heavy atom. The first-order valence-electron chi connectivity index (χ1n) is 4.46. The molecule has 4 nitrogen and oxygen atoms in total. The lowest BCUT2D eigenvalue weighted by molar-refractivity contribution is 0.0992. The van der Waals surface area contributed by atoms with Gasteiger partial charge in [-0.2, -0.15) is 11.3 Å². The van der Waals surface area contributed by atoms with E-state index in [1.807, 2.05) is 5.38 Å². The van der Waals surface area contributed by atoms with Crippen molar-refractivity contribution in [3.05, 3.63) is 39.3 Å². The monoisotopic (exact) mass is 297 g/mol. The number of thiophene rings is 1. The van der Waals surface area contributed by atoms with E-state index in [9.17, 15) is 4.79 Å². The molecule has 0 spiro atoms. The predicted molar refractivity (Wildman–Crippen MR) is 66.8 cm³/mol. The van der Waals surface area contributed by atoms with Crippen molar-refractivity contribution in [3.8, 4) is 0 Å². The average molecular weight is 298 g/mol. The summed E-state index contributed by atoms with van der Waals surface area (Å²) in [6, 6.07) is 1.78. The van der Waals surface area contributed by atoms with E-state index in [-0.39, 0.29) is 5.91 Å². The second-order valence-corrected chi connectivity index (χ2v) is 4.77. The van der Waals surface area contributed by atoms with E-state index in [0.29, 0.717) is 11.5 Å². The maximum Gasteiger partial charge on any atom is 0.261 e. The lowest BCUT2D eigenvalue weighted by atomic mass is 10.3. The Kier molecular flexibility index (Phi) is 3.31. The number of nitrogens with zero attached hydrogens (tertiary/aromatic N) is 3. The number of rotatable bonds is 2. The molecule has 0 N–H and O–H groups in total. The Morgan fingerprint density at radius 1 is 1.44 bits per heavy atom. The van der Waals surface area contributed by atoms with Crippen LogP contribution in [0.1, 0.15) is 10.4 Å². The molecule has 82 valence electrons. The van der Waals surface area contributed by atoms with Gasteiger partial charge in [-0.3, -0.25) is 9.69 Å². The Balaban J connectivity index is 2.22. The van der Waals surface area contributed by atoms with E-state index < -0.39 is 0 Å². The van der Waals surface area contributed by atoms with Crippen LogP contribution in [0.25, 0.3) is 0 Å². The van der Waals surface area contributed by atoms with Crippen LogP contribution in [-0.4, -0.2) is 22.9 Å². The van der Waals surface area contributed by atoms with Gasteiger partial charge in [0.05, 0.1) is 10.0 Å². The third-order valence-corrected chi connectivity index (χ3v) is 3.07. The standard InChI is InChI=1S/C10H8BrN3OS/c1-14(9(15)7-2-3-16-6-7)10-12-4-8(11)5-13-10/h2-6H,1H3. The highest BCUT2D eigenvalue weighted by Crippen LogP contribution is 2.14. The zero-order valence-electron chi connectivity index (χ0n) is 8.42. The van der Waals surface area contributed by atoms with Crippen LogP contribution in [0.3, 0.4) is 0 Å². The normalized spacial score (nSPS) is 10.1. The number of carbonyl (C=O) groups excluding carboxylic acids is 1. The van der Waals surface area contributed by atoms with Crippen LogP contribution in [0.5, 0.6) is 0 Å². The average Bonchev–Trinajstić information content (AvgIpc) is 2.81. The van der Waals surface area contributed by atoms with Crippen LogP contribution in [-0.2, 0) is 0 Å². The van der Waals surface area contributed by atoms with E-state index in [0.717, 1.165) is 4.47 Å². The van der Waals surface area contributed by atoms with Gasteiger partial charge in [0.15, 0.2) is 0 Å². The first-order valence-corrected chi connectivity index (χ1v) is 6.20. The van der Waals surface area contributed by atoms with Crippen LogP contribution < -0.4 is 4.90 Å². The molecule has 0 saturated carbocycles. The van der Waals surface area contributed by atoms with Gasteiger partial charge in [0.25, 0.3) is 5.91 Å². The largest absolute Gasteiger partial charge is 0.280 e. The predicted octanol–water partition coefficient (Wildman–Crippen LogP) is 2.58. The second kappa shape index (κ2) is 4.71. The summed E-state index contributed by atoms with van der Waals surface area (Å²) < 4.78 is 0.785. The van der Waals surface area contributed by atoms with Gasteiger partial charge in [-0.1, -0.05) is 0 Å². The quantitative estimate of drug-likeness (QED) is 0.856. The second-order valence-electron chi connectivity index (χ2n) is 3.08. The highest BCUT2D eigenvalue weighted by Gasteiger charge is 2.15. The van der Waals surface area contributed by atoms with Crippen LogP contribution >= 0.6 is 27.3 Å². The first-order chi connectivity index (χ1) is 7.68. The summed E-state index contributed by atoms with van der Waals surface area (Å²) in [6.07, 6.45) is 3.22. The van der Waals surface area contributed by atoms with E-state index in [1.54, 1.807) is 30.9 Å². The van der Waals surface area contributed by atoms with Gasteiger partial charge in [0, 0.05) is 24.8 Å². The molecule has 0 aromatic carbocycles. The van der Waals surface area contributed by atoms with Gasteiger partial charge in [-0.25, -0.2) is 9.97 Å². The molecule has 2 aromatic heterocycles. The van der Waals surface area contributed by atoms with Gasteiger partial charge in [-0.05, 0) is 27.4 Å². The van der Waals surface area contributed by atoms with Crippen molar-refractivity contribution < 1.29 is 4.79 Å². The highest BCUT2D eigenvalue weighted by molar-refractivity contribution is 9.10. The SMILES string of the molecule is CN(C(=O)c1ccsc1)c1ncc(Br)cn1. The van der Waals surface area contributed by atoms with Crippen LogP contribution in [0.4, 0.5) is 5.95 Å². The summed E-state index contributed by atoms with van der Waals surface area (Å²) in [6.45, 7) is 0. The van der Waals surface area contributed by atoms with Crippen molar-refractivity contribution in [1.82, 2.24) is 9.97 Å². The Hall–Kier alpha value is -1.27. The van der Waals surface area contributed by atoms with Gasteiger partial charge < -0.3 is 0 Å². The lowest BCUT2D eigenvalue weighted by Gasteiger charge is -2.13. The third-order valence-electron chi connectivity index (χ3n) is 1.98. The van der Waals surface area contributed by atoms with Crippen molar-refractivity contribution in [2.24, 2.45) is 0 Å². The molecule has 0 saturated heterocycles. The highest BCUT2D eigenvalue weighted by atomic mass is 79.9. The van der Waals surface area contributed by atoms with Gasteiger partial charge in [0.2, 0.25) is 5.95 Å². The van der Waals surface area contributed by atoms with E-state index >= 15 is 0 Å². The van der Waals surface area contributed by atoms with Gasteiger partial charge in [-0.15, -0.1) is 0 Å². The van der Waals surface area contributed by atoms with E-state index in [4.69, 9.17) is 0 Å². The Labute approximate surface area is 105 Å². The smallest absolute Gasteiger partial charge is 0.261 e. The molecule has 0 bridgehead atoms. The molecule has 0 aliphatic rings. The number of anilines is 1. The molecule has 0 radical (unpaired) electrons. The zero-order chi connectivity index (χ0) is 11.5. The molecular weight excluding hydrogens is 290 g/mol. The van der Waals surface area contributed by atoms with Crippen molar-refractivity contribution >= 4 is 39.1 Å². The number of carbonyl (C=O) groups is 1. The third kappa shape index (κ3) is 2.28. The van der Waals surface area contributed by atoms with Crippen molar-refractivity contribution in [2.45, 2.75) is 0 Å². The summed E-state index contributed by atoms with van der Waals surface area (Å²) >= 11 is 4.73. The van der Waals surface area contributed by atoms with Crippen molar-refractivity contribution in [3.63, 3.8) is 0 Å². The maximum atomic E-state index is 11.9. The topological polar surface area (TPSA) is 46.1 Å². The summed E-state index contributed by atoms with van der Waals surface area (Å²) in [5, 5.41) is 3.67. The molecule has 0 aliphatic heterocycles. The lowest BCUT2D eigenvalue weighted by Crippen LogP contribution is -2.27. The van der Waals surface area contributed by atoms with Gasteiger partial charge in [0.1, 0.15) is 0 Å². The summed E-state index contributed by atoms with van der Waals surface area (Å²) in [4.78, 5) is 21.5. The molecule has 2 heterocycles. The minimum Gasteiger partial charge on any atom is -0.280 e. The van der Waals surface area contributed by atoms with Crippen LogP contribution in [0.2, 0.25) is 0 Å². The van der Waals surface area contributed by atoms with Crippen LogP contribution in [0.15, 0.2) is 33.7 Å². The molecule has 0 aliphatic carbocycles.